The molecule has 1 aromatic heterocycles. The molecule has 0 fully saturated rings. The van der Waals surface area contributed by atoms with Gasteiger partial charge in [0.05, 0.1) is 15.5 Å². The molecule has 0 bridgehead atoms. The molecule has 0 aliphatic carbocycles. The van der Waals surface area contributed by atoms with E-state index in [1.54, 1.807) is 48.5 Å². The van der Waals surface area contributed by atoms with Gasteiger partial charge in [-0.3, -0.25) is 0 Å². The minimum Gasteiger partial charge on any atom is -0.419 e. The van der Waals surface area contributed by atoms with Gasteiger partial charge in [-0.15, -0.1) is 0 Å². The summed E-state index contributed by atoms with van der Waals surface area (Å²) in [5.41, 5.74) is 2.47. The molecule has 3 aromatic carbocycles. The van der Waals surface area contributed by atoms with Gasteiger partial charge in [-0.05, 0) is 36.8 Å². The Kier molecular flexibility index (Phi) is 5.61. The van der Waals surface area contributed by atoms with Gasteiger partial charge in [0.25, 0.3) is 0 Å². The second-order valence-corrected chi connectivity index (χ2v) is 9.06. The highest BCUT2D eigenvalue weighted by Gasteiger charge is 2.29. The van der Waals surface area contributed by atoms with Crippen molar-refractivity contribution in [3.05, 3.63) is 95.0 Å². The van der Waals surface area contributed by atoms with Crippen molar-refractivity contribution >= 4 is 27.3 Å². The lowest BCUT2D eigenvalue weighted by atomic mass is 10.2. The molecule has 1 N–H and O–H groups in total. The Morgan fingerprint density at radius 2 is 1.60 bits per heavy atom. The molecule has 1 heterocycles. The Morgan fingerprint density at radius 3 is 2.30 bits per heavy atom. The summed E-state index contributed by atoms with van der Waals surface area (Å²) in [6, 6.07) is 23.3. The molecule has 0 aliphatic heterocycles. The van der Waals surface area contributed by atoms with Crippen LogP contribution in [0.3, 0.4) is 0 Å². The Morgan fingerprint density at radius 1 is 0.933 bits per heavy atom. The summed E-state index contributed by atoms with van der Waals surface area (Å²) in [7, 11) is -3.90. The third-order valence-corrected chi connectivity index (χ3v) is 6.59. The van der Waals surface area contributed by atoms with E-state index in [0.29, 0.717) is 17.1 Å². The summed E-state index contributed by atoms with van der Waals surface area (Å²) in [6.07, 6.45) is 0. The minimum absolute atomic E-state index is 0.0781. The van der Waals surface area contributed by atoms with Crippen molar-refractivity contribution in [1.82, 2.24) is 4.98 Å². The average Bonchev–Trinajstić information content (AvgIpc) is 3.18. The first-order valence-corrected chi connectivity index (χ1v) is 11.2. The van der Waals surface area contributed by atoms with Crippen molar-refractivity contribution in [2.24, 2.45) is 0 Å². The Bertz CT molecular complexity index is 1270. The van der Waals surface area contributed by atoms with Crippen molar-refractivity contribution in [2.75, 3.05) is 5.32 Å². The zero-order chi connectivity index (χ0) is 21.1. The maximum absolute atomic E-state index is 13.3. The summed E-state index contributed by atoms with van der Waals surface area (Å²) in [5.74, 6) is 0.219. The number of hydrogen-bond donors (Lipinski definition) is 1. The van der Waals surface area contributed by atoms with Gasteiger partial charge in [0.15, 0.2) is 0 Å². The van der Waals surface area contributed by atoms with Crippen LogP contribution in [0.4, 0.5) is 5.88 Å². The maximum atomic E-state index is 13.3. The lowest BCUT2D eigenvalue weighted by Gasteiger charge is -2.06. The lowest BCUT2D eigenvalue weighted by molar-refractivity contribution is 0.577. The number of nitrogens with zero attached hydrogens (tertiary/aromatic N) is 1. The van der Waals surface area contributed by atoms with Crippen LogP contribution >= 0.6 is 11.6 Å². The molecule has 4 aromatic rings. The van der Waals surface area contributed by atoms with Gasteiger partial charge in [-0.1, -0.05) is 71.8 Å². The van der Waals surface area contributed by atoms with Crippen LogP contribution in [0, 0.1) is 6.92 Å². The number of nitrogens with one attached hydrogen (secondary N) is 1. The predicted octanol–water partition coefficient (Wildman–Crippen LogP) is 5.75. The fourth-order valence-electron chi connectivity index (χ4n) is 2.96. The van der Waals surface area contributed by atoms with Crippen LogP contribution in [0.5, 0.6) is 0 Å². The van der Waals surface area contributed by atoms with Crippen LogP contribution < -0.4 is 5.32 Å². The molecule has 0 unspecified atom stereocenters. The molecule has 0 saturated heterocycles. The highest BCUT2D eigenvalue weighted by Crippen LogP contribution is 2.35. The van der Waals surface area contributed by atoms with E-state index in [1.165, 1.54) is 0 Å². The number of oxazole rings is 1. The van der Waals surface area contributed by atoms with Crippen LogP contribution in [0.15, 0.2) is 93.2 Å². The summed E-state index contributed by atoms with van der Waals surface area (Å²) in [5, 5.41) is 3.33. The van der Waals surface area contributed by atoms with Crippen LogP contribution in [0.1, 0.15) is 11.1 Å². The topological polar surface area (TPSA) is 72.2 Å². The molecule has 30 heavy (non-hydrogen) atoms. The van der Waals surface area contributed by atoms with Gasteiger partial charge in [0.2, 0.25) is 26.6 Å². The molecule has 0 radical (unpaired) electrons. The Balaban J connectivity index is 1.79. The molecule has 4 rings (SSSR count). The molecule has 0 aliphatic rings. The Hall–Kier alpha value is -3.09. The van der Waals surface area contributed by atoms with E-state index in [9.17, 15) is 8.42 Å². The number of aryl methyl sites for hydroxylation is 1. The maximum Gasteiger partial charge on any atom is 0.234 e. The monoisotopic (exact) mass is 438 g/mol. The zero-order valence-electron chi connectivity index (χ0n) is 16.2. The smallest absolute Gasteiger partial charge is 0.234 e. The van der Waals surface area contributed by atoms with Gasteiger partial charge < -0.3 is 9.73 Å². The van der Waals surface area contributed by atoms with Crippen LogP contribution in [0.25, 0.3) is 11.5 Å². The molecule has 7 heteroatoms. The molecule has 0 spiro atoms. The number of hydrogen-bond acceptors (Lipinski definition) is 5. The number of sulfone groups is 1. The van der Waals surface area contributed by atoms with Gasteiger partial charge >= 0.3 is 0 Å². The molecule has 152 valence electrons. The number of halogens is 1. The van der Waals surface area contributed by atoms with E-state index in [-0.39, 0.29) is 21.7 Å². The summed E-state index contributed by atoms with van der Waals surface area (Å²) in [4.78, 5) is 4.47. The highest BCUT2D eigenvalue weighted by atomic mass is 35.5. The molecule has 0 amide bonds. The van der Waals surface area contributed by atoms with Gasteiger partial charge in [0.1, 0.15) is 0 Å². The first-order valence-electron chi connectivity index (χ1n) is 9.30. The standard InChI is InChI=1S/C23H19ClN2O3S/c1-16-11-13-18(14-12-16)30(27,28)23-22(25-15-17-7-3-2-4-8-17)29-21(26-23)19-9-5-6-10-20(19)24/h2-14,25H,15H2,1H3. The van der Waals surface area contributed by atoms with Crippen LogP contribution in [0.2, 0.25) is 5.02 Å². The first-order chi connectivity index (χ1) is 14.4. The van der Waals surface area contributed by atoms with Crippen LogP contribution in [-0.2, 0) is 16.4 Å². The number of rotatable bonds is 6. The molecule has 5 nitrogen and oxygen atoms in total. The normalized spacial score (nSPS) is 11.4. The van der Waals surface area contributed by atoms with E-state index < -0.39 is 9.84 Å². The number of aromatic nitrogens is 1. The van der Waals surface area contributed by atoms with E-state index in [4.69, 9.17) is 16.0 Å². The zero-order valence-corrected chi connectivity index (χ0v) is 17.7. The third kappa shape index (κ3) is 4.10. The fraction of sp³-hybridized carbons (Fsp3) is 0.0870. The van der Waals surface area contributed by atoms with Crippen LogP contribution in [-0.4, -0.2) is 13.4 Å². The van der Waals surface area contributed by atoms with E-state index in [2.05, 4.69) is 10.3 Å². The predicted molar refractivity (Wildman–Crippen MR) is 117 cm³/mol. The van der Waals surface area contributed by atoms with Gasteiger partial charge in [-0.25, -0.2) is 8.42 Å². The van der Waals surface area contributed by atoms with E-state index in [1.807, 2.05) is 37.3 Å². The van der Waals surface area contributed by atoms with E-state index >= 15 is 0 Å². The minimum atomic E-state index is -3.90. The first kappa shape index (κ1) is 20.2. The highest BCUT2D eigenvalue weighted by molar-refractivity contribution is 7.91. The second-order valence-electron chi connectivity index (χ2n) is 6.79. The van der Waals surface area contributed by atoms with Crippen molar-refractivity contribution in [1.29, 1.82) is 0 Å². The average molecular weight is 439 g/mol. The Labute approximate surface area is 180 Å². The summed E-state index contributed by atoms with van der Waals surface area (Å²) < 4.78 is 32.5. The van der Waals surface area contributed by atoms with Crippen molar-refractivity contribution in [3.63, 3.8) is 0 Å². The fourth-order valence-corrected chi connectivity index (χ4v) is 4.45. The quantitative estimate of drug-likeness (QED) is 0.415. The second kappa shape index (κ2) is 8.34. The van der Waals surface area contributed by atoms with Crippen molar-refractivity contribution in [2.45, 2.75) is 23.4 Å². The SMILES string of the molecule is Cc1ccc(S(=O)(=O)c2nc(-c3ccccc3Cl)oc2NCc2ccccc2)cc1. The van der Waals surface area contributed by atoms with Gasteiger partial charge in [0, 0.05) is 6.54 Å². The molecule has 0 saturated carbocycles. The molecular formula is C23H19ClN2O3S. The lowest BCUT2D eigenvalue weighted by Crippen LogP contribution is -2.07. The summed E-state index contributed by atoms with van der Waals surface area (Å²) in [6.45, 7) is 2.28. The third-order valence-electron chi connectivity index (χ3n) is 4.58. The largest absolute Gasteiger partial charge is 0.419 e. The molecule has 0 atom stereocenters. The van der Waals surface area contributed by atoms with E-state index in [0.717, 1.165) is 11.1 Å². The van der Waals surface area contributed by atoms with Gasteiger partial charge in [-0.2, -0.15) is 4.98 Å². The van der Waals surface area contributed by atoms with Crippen molar-refractivity contribution in [3.8, 4) is 11.5 Å². The van der Waals surface area contributed by atoms with Crippen molar-refractivity contribution < 1.29 is 12.8 Å². The summed E-state index contributed by atoms with van der Waals surface area (Å²) >= 11 is 6.27. The number of anilines is 1. The number of benzene rings is 3. The molecular weight excluding hydrogens is 420 g/mol.